The van der Waals surface area contributed by atoms with Gasteiger partial charge in [-0.1, -0.05) is 13.8 Å². The first-order chi connectivity index (χ1) is 10.3. The fourth-order valence-electron chi connectivity index (χ4n) is 1.42. The minimum Gasteiger partial charge on any atom is -0.503 e. The number of methoxy groups -OCH3 is 1. The van der Waals surface area contributed by atoms with E-state index in [4.69, 9.17) is 4.74 Å². The van der Waals surface area contributed by atoms with E-state index in [0.717, 1.165) is 0 Å². The third kappa shape index (κ3) is 5.36. The van der Waals surface area contributed by atoms with Gasteiger partial charge in [-0.2, -0.15) is 5.10 Å². The first-order valence-electron chi connectivity index (χ1n) is 6.52. The summed E-state index contributed by atoms with van der Waals surface area (Å²) in [6.07, 6.45) is 1.33. The first kappa shape index (κ1) is 18.0. The van der Waals surface area contributed by atoms with Crippen LogP contribution in [0.5, 0.6) is 11.5 Å². The largest absolute Gasteiger partial charge is 0.503 e. The number of ether oxygens (including phenoxy) is 1. The van der Waals surface area contributed by atoms with Crippen LogP contribution in [0.1, 0.15) is 19.4 Å². The molecule has 22 heavy (non-hydrogen) atoms. The summed E-state index contributed by atoms with van der Waals surface area (Å²) in [6, 6.07) is 3.13. The van der Waals surface area contributed by atoms with E-state index in [2.05, 4.69) is 31.8 Å². The second kappa shape index (κ2) is 8.38. The van der Waals surface area contributed by atoms with Gasteiger partial charge < -0.3 is 15.2 Å². The summed E-state index contributed by atoms with van der Waals surface area (Å²) in [5.74, 6) is -1.10. The molecule has 120 valence electrons. The highest BCUT2D eigenvalue weighted by molar-refractivity contribution is 9.10. The topological polar surface area (TPSA) is 100 Å². The van der Waals surface area contributed by atoms with Gasteiger partial charge in [0.25, 0.3) is 0 Å². The maximum atomic E-state index is 11.5. The molecule has 0 saturated heterocycles. The molecule has 0 saturated carbocycles. The lowest BCUT2D eigenvalue weighted by Crippen LogP contribution is -2.39. The number of aromatic hydroxyl groups is 1. The van der Waals surface area contributed by atoms with Crippen molar-refractivity contribution in [2.45, 2.75) is 13.8 Å². The molecule has 7 nitrogen and oxygen atoms in total. The van der Waals surface area contributed by atoms with E-state index in [0.29, 0.717) is 16.6 Å². The van der Waals surface area contributed by atoms with Gasteiger partial charge in [0.2, 0.25) is 0 Å². The average molecular weight is 372 g/mol. The number of hydrogen-bond acceptors (Lipinski definition) is 5. The van der Waals surface area contributed by atoms with Crippen LogP contribution in [0.3, 0.4) is 0 Å². The van der Waals surface area contributed by atoms with Gasteiger partial charge in [0, 0.05) is 6.54 Å². The Morgan fingerprint density at radius 2 is 2.09 bits per heavy atom. The average Bonchev–Trinajstić information content (AvgIpc) is 2.47. The van der Waals surface area contributed by atoms with E-state index in [9.17, 15) is 14.7 Å². The van der Waals surface area contributed by atoms with E-state index < -0.39 is 11.8 Å². The minimum absolute atomic E-state index is 0.0308. The third-order valence-corrected chi connectivity index (χ3v) is 3.13. The highest BCUT2D eigenvalue weighted by Crippen LogP contribution is 2.34. The molecule has 0 aliphatic heterocycles. The second-order valence-corrected chi connectivity index (χ2v) is 5.71. The van der Waals surface area contributed by atoms with Gasteiger partial charge in [0.1, 0.15) is 0 Å². The maximum absolute atomic E-state index is 11.5. The number of hydrazone groups is 1. The molecule has 0 radical (unpaired) electrons. The van der Waals surface area contributed by atoms with Gasteiger partial charge in [0.05, 0.1) is 17.8 Å². The molecular formula is C14H18BrN3O4. The van der Waals surface area contributed by atoms with E-state index in [1.54, 1.807) is 6.07 Å². The van der Waals surface area contributed by atoms with Crippen molar-refractivity contribution < 1.29 is 19.4 Å². The normalized spacial score (nSPS) is 10.8. The summed E-state index contributed by atoms with van der Waals surface area (Å²) in [7, 11) is 1.42. The monoisotopic (exact) mass is 371 g/mol. The molecule has 1 aromatic carbocycles. The summed E-state index contributed by atoms with van der Waals surface area (Å²) < 4.78 is 5.42. The Hall–Kier alpha value is -2.09. The molecule has 0 aliphatic carbocycles. The predicted molar refractivity (Wildman–Crippen MR) is 85.9 cm³/mol. The number of carbonyl (C=O) groups is 2. The molecule has 8 heteroatoms. The van der Waals surface area contributed by atoms with Gasteiger partial charge in [-0.25, -0.2) is 5.43 Å². The molecule has 1 rings (SSSR count). The Morgan fingerprint density at radius 3 is 2.68 bits per heavy atom. The molecule has 2 amide bonds. The van der Waals surface area contributed by atoms with Gasteiger partial charge in [-0.15, -0.1) is 0 Å². The van der Waals surface area contributed by atoms with Crippen LogP contribution in [0.15, 0.2) is 21.7 Å². The quantitative estimate of drug-likeness (QED) is 0.413. The second-order valence-electron chi connectivity index (χ2n) is 4.86. The molecule has 0 unspecified atom stereocenters. The maximum Gasteiger partial charge on any atom is 0.329 e. The van der Waals surface area contributed by atoms with Crippen molar-refractivity contribution in [3.05, 3.63) is 22.2 Å². The molecule has 0 bridgehead atoms. The number of phenols is 1. The van der Waals surface area contributed by atoms with Crippen molar-refractivity contribution in [1.82, 2.24) is 10.7 Å². The Balaban J connectivity index is 2.64. The van der Waals surface area contributed by atoms with Crippen LogP contribution in [0.2, 0.25) is 0 Å². The fourth-order valence-corrected chi connectivity index (χ4v) is 1.88. The number of carbonyl (C=O) groups excluding carboxylic acids is 2. The number of nitrogens with one attached hydrogen (secondary N) is 2. The van der Waals surface area contributed by atoms with Crippen LogP contribution in [0, 0.1) is 5.92 Å². The van der Waals surface area contributed by atoms with Crippen molar-refractivity contribution in [2.24, 2.45) is 11.0 Å². The first-order valence-corrected chi connectivity index (χ1v) is 7.32. The van der Waals surface area contributed by atoms with E-state index in [-0.39, 0.29) is 17.4 Å². The third-order valence-electron chi connectivity index (χ3n) is 2.53. The summed E-state index contributed by atoms with van der Waals surface area (Å²) >= 11 is 3.17. The van der Waals surface area contributed by atoms with E-state index in [1.165, 1.54) is 19.4 Å². The van der Waals surface area contributed by atoms with Gasteiger partial charge in [-0.3, -0.25) is 9.59 Å². The summed E-state index contributed by atoms with van der Waals surface area (Å²) in [5.41, 5.74) is 2.70. The van der Waals surface area contributed by atoms with Crippen molar-refractivity contribution in [2.75, 3.05) is 13.7 Å². The number of nitrogens with zero attached hydrogens (tertiary/aromatic N) is 1. The zero-order valence-electron chi connectivity index (χ0n) is 12.5. The lowest BCUT2D eigenvalue weighted by molar-refractivity contribution is -0.139. The van der Waals surface area contributed by atoms with Crippen molar-refractivity contribution in [3.8, 4) is 11.5 Å². The highest BCUT2D eigenvalue weighted by Gasteiger charge is 2.12. The molecule has 0 aliphatic rings. The number of amides is 2. The van der Waals surface area contributed by atoms with Crippen molar-refractivity contribution >= 4 is 34.0 Å². The summed E-state index contributed by atoms with van der Waals surface area (Å²) in [5, 5.41) is 15.8. The Kier molecular flexibility index (Phi) is 6.84. The molecule has 1 aromatic rings. The fraction of sp³-hybridized carbons (Fsp3) is 0.357. The molecule has 0 atom stereocenters. The minimum atomic E-state index is -0.846. The Labute approximate surface area is 136 Å². The van der Waals surface area contributed by atoms with Crippen LogP contribution in [0.4, 0.5) is 0 Å². The molecule has 0 aromatic heterocycles. The summed E-state index contributed by atoms with van der Waals surface area (Å²) in [4.78, 5) is 22.9. The van der Waals surface area contributed by atoms with Gasteiger partial charge >= 0.3 is 11.8 Å². The number of hydrogen-bond donors (Lipinski definition) is 3. The number of halogens is 1. The van der Waals surface area contributed by atoms with Crippen LogP contribution < -0.4 is 15.5 Å². The standard InChI is InChI=1S/C14H18BrN3O4/c1-8(2)6-16-13(20)14(21)18-17-7-9-4-10(15)12(19)11(5-9)22-3/h4-5,7-8,19H,6H2,1-3H3,(H,16,20)(H,18,21)/b17-7-. The van der Waals surface area contributed by atoms with E-state index >= 15 is 0 Å². The van der Waals surface area contributed by atoms with Crippen molar-refractivity contribution in [1.29, 1.82) is 0 Å². The number of benzene rings is 1. The highest BCUT2D eigenvalue weighted by atomic mass is 79.9. The molecule has 0 heterocycles. The van der Waals surface area contributed by atoms with Crippen molar-refractivity contribution in [3.63, 3.8) is 0 Å². The zero-order chi connectivity index (χ0) is 16.7. The van der Waals surface area contributed by atoms with Crippen LogP contribution >= 0.6 is 15.9 Å². The molecule has 0 fully saturated rings. The molecule has 0 spiro atoms. The Morgan fingerprint density at radius 1 is 1.41 bits per heavy atom. The lowest BCUT2D eigenvalue weighted by Gasteiger charge is -2.07. The Bertz CT molecular complexity index is 588. The van der Waals surface area contributed by atoms with Gasteiger partial charge in [-0.05, 0) is 39.5 Å². The summed E-state index contributed by atoms with van der Waals surface area (Å²) in [6.45, 7) is 4.26. The lowest BCUT2D eigenvalue weighted by atomic mass is 10.2. The molecular weight excluding hydrogens is 354 g/mol. The number of rotatable bonds is 5. The zero-order valence-corrected chi connectivity index (χ0v) is 14.1. The van der Waals surface area contributed by atoms with Crippen LogP contribution in [-0.4, -0.2) is 36.8 Å². The van der Waals surface area contributed by atoms with E-state index in [1.807, 2.05) is 13.8 Å². The van der Waals surface area contributed by atoms with Gasteiger partial charge in [0.15, 0.2) is 11.5 Å². The predicted octanol–water partition coefficient (Wildman–Crippen LogP) is 1.39. The number of phenolic OH excluding ortho intramolecular Hbond substituents is 1. The SMILES string of the molecule is COc1cc(/C=N\NC(=O)C(=O)NCC(C)C)cc(Br)c1O. The van der Waals surface area contributed by atoms with Crippen LogP contribution in [0.25, 0.3) is 0 Å². The molecule has 3 N–H and O–H groups in total. The van der Waals surface area contributed by atoms with Crippen LogP contribution in [-0.2, 0) is 9.59 Å². The smallest absolute Gasteiger partial charge is 0.329 e.